The highest BCUT2D eigenvalue weighted by Gasteiger charge is 2.37. The molecular formula is C32H42Br4N8. The van der Waals surface area contributed by atoms with Gasteiger partial charge in [0.1, 0.15) is 17.5 Å². The van der Waals surface area contributed by atoms with E-state index in [1.807, 2.05) is 0 Å². The number of aliphatic imine (C=N–C) groups is 5. The molecule has 0 atom stereocenters. The molecule has 4 N–H and O–H groups in total. The van der Waals surface area contributed by atoms with Crippen molar-refractivity contribution in [3.8, 4) is 0 Å². The van der Waals surface area contributed by atoms with Crippen molar-refractivity contribution in [3.05, 3.63) is 40.2 Å². The lowest BCUT2D eigenvalue weighted by atomic mass is 9.85. The highest BCUT2D eigenvalue weighted by atomic mass is 79.9. The van der Waals surface area contributed by atoms with Crippen LogP contribution in [-0.2, 0) is 5.41 Å². The largest absolute Gasteiger partial charge is 0.385 e. The molecule has 3 aliphatic heterocycles. The molecular weight excluding hydrogens is 816 g/mol. The molecule has 1 aromatic heterocycles. The lowest BCUT2D eigenvalue weighted by molar-refractivity contribution is 0.523. The second kappa shape index (κ2) is 11.9. The maximum absolute atomic E-state index is 6.41. The molecule has 3 aliphatic rings. The van der Waals surface area contributed by atoms with Crippen molar-refractivity contribution in [1.29, 1.82) is 0 Å². The van der Waals surface area contributed by atoms with Crippen LogP contribution in [-0.4, -0.2) is 40.7 Å². The number of nitrogens with two attached hydrogens (primary N) is 1. The zero-order chi connectivity index (χ0) is 33.3. The molecule has 0 aliphatic carbocycles. The molecule has 8 nitrogen and oxygen atoms in total. The summed E-state index contributed by atoms with van der Waals surface area (Å²) < 4.78 is 3.55. The summed E-state index contributed by atoms with van der Waals surface area (Å²) in [6, 6.07) is 0. The summed E-state index contributed by atoms with van der Waals surface area (Å²) in [5, 5.41) is 3.50. The van der Waals surface area contributed by atoms with Gasteiger partial charge in [-0.25, -0.2) is 20.0 Å². The Hall–Kier alpha value is -1.63. The van der Waals surface area contributed by atoms with Crippen LogP contribution in [0.15, 0.2) is 59.6 Å². The quantitative estimate of drug-likeness (QED) is 0.261. The fourth-order valence-corrected chi connectivity index (χ4v) is 9.21. The van der Waals surface area contributed by atoms with Crippen LogP contribution in [0.5, 0.6) is 0 Å². The lowest BCUT2D eigenvalue weighted by Gasteiger charge is -2.23. The van der Waals surface area contributed by atoms with Crippen LogP contribution in [0.2, 0.25) is 0 Å². The Balaban J connectivity index is 1.84. The molecule has 4 heterocycles. The SMILES string of the molecule is CC(C)(C)C1=C(Br)CN=C1N=C1N=C(N=C2N=C(Nc3[nH]c(N)c(C(C)(C)C)c3Br)C(C(C)(C)C)=C2Br)C(C(C)(C)C)=C1Br. The number of rotatable bonds is 1. The molecule has 0 spiro atoms. The smallest absolute Gasteiger partial charge is 0.171 e. The molecule has 0 amide bonds. The average molecular weight is 858 g/mol. The van der Waals surface area contributed by atoms with Gasteiger partial charge in [-0.3, -0.25) is 4.99 Å². The molecule has 0 aromatic carbocycles. The van der Waals surface area contributed by atoms with E-state index in [4.69, 9.17) is 30.7 Å². The van der Waals surface area contributed by atoms with Crippen molar-refractivity contribution in [1.82, 2.24) is 4.98 Å². The van der Waals surface area contributed by atoms with Crippen molar-refractivity contribution in [2.24, 2.45) is 41.2 Å². The first-order valence-corrected chi connectivity index (χ1v) is 17.6. The van der Waals surface area contributed by atoms with Crippen LogP contribution in [0.25, 0.3) is 0 Å². The molecule has 12 heteroatoms. The number of halogens is 4. The van der Waals surface area contributed by atoms with E-state index in [1.165, 1.54) is 0 Å². The maximum atomic E-state index is 6.41. The highest BCUT2D eigenvalue weighted by Crippen LogP contribution is 2.43. The van der Waals surface area contributed by atoms with Gasteiger partial charge in [-0.2, -0.15) is 0 Å². The van der Waals surface area contributed by atoms with Crippen molar-refractivity contribution in [2.45, 2.75) is 88.5 Å². The van der Waals surface area contributed by atoms with E-state index in [0.717, 1.165) is 46.0 Å². The summed E-state index contributed by atoms with van der Waals surface area (Å²) in [4.78, 5) is 28.0. The van der Waals surface area contributed by atoms with E-state index < -0.39 is 0 Å². The number of aromatic amines is 1. The number of H-pyrrole nitrogens is 1. The molecule has 0 bridgehead atoms. The second-order valence-corrected chi connectivity index (χ2v) is 18.6. The first kappa shape index (κ1) is 35.2. The fourth-order valence-electron chi connectivity index (χ4n) is 5.40. The van der Waals surface area contributed by atoms with Crippen LogP contribution in [0, 0.1) is 16.2 Å². The third-order valence-electron chi connectivity index (χ3n) is 7.22. The Morgan fingerprint density at radius 3 is 1.68 bits per heavy atom. The molecule has 1 aromatic rings. The molecule has 44 heavy (non-hydrogen) atoms. The molecule has 4 rings (SSSR count). The predicted molar refractivity (Wildman–Crippen MR) is 203 cm³/mol. The van der Waals surface area contributed by atoms with Gasteiger partial charge in [0.05, 0.1) is 20.0 Å². The van der Waals surface area contributed by atoms with Gasteiger partial charge in [0, 0.05) is 26.8 Å². The summed E-state index contributed by atoms with van der Waals surface area (Å²) in [5.41, 5.74) is 9.63. The first-order chi connectivity index (χ1) is 19.9. The number of amidine groups is 5. The van der Waals surface area contributed by atoms with Gasteiger partial charge in [0.15, 0.2) is 23.3 Å². The van der Waals surface area contributed by atoms with E-state index >= 15 is 0 Å². The number of anilines is 2. The highest BCUT2D eigenvalue weighted by molar-refractivity contribution is 9.12. The van der Waals surface area contributed by atoms with Gasteiger partial charge in [-0.05, 0) is 69.4 Å². The Kier molecular flexibility index (Phi) is 9.50. The Bertz CT molecular complexity index is 1670. The Labute approximate surface area is 295 Å². The third kappa shape index (κ3) is 6.88. The van der Waals surface area contributed by atoms with Gasteiger partial charge in [-0.15, -0.1) is 0 Å². The summed E-state index contributed by atoms with van der Waals surface area (Å²) >= 11 is 15.2. The van der Waals surface area contributed by atoms with E-state index in [9.17, 15) is 0 Å². The number of hydrogen-bond acceptors (Lipinski definition) is 5. The second-order valence-electron chi connectivity index (χ2n) is 15.3. The normalized spacial score (nSPS) is 20.5. The number of aromatic nitrogens is 1. The number of nitrogens with one attached hydrogen (secondary N) is 2. The van der Waals surface area contributed by atoms with Crippen molar-refractivity contribution < 1.29 is 0 Å². The summed E-state index contributed by atoms with van der Waals surface area (Å²) in [5.74, 6) is 4.37. The van der Waals surface area contributed by atoms with E-state index in [-0.39, 0.29) is 21.7 Å². The van der Waals surface area contributed by atoms with Crippen molar-refractivity contribution in [3.63, 3.8) is 0 Å². The minimum Gasteiger partial charge on any atom is -0.385 e. The van der Waals surface area contributed by atoms with Gasteiger partial charge in [0.25, 0.3) is 0 Å². The summed E-state index contributed by atoms with van der Waals surface area (Å²) in [6.07, 6.45) is 0. The van der Waals surface area contributed by atoms with Crippen molar-refractivity contribution in [2.75, 3.05) is 17.6 Å². The molecule has 0 unspecified atom stereocenters. The predicted octanol–water partition coefficient (Wildman–Crippen LogP) is 10.2. The van der Waals surface area contributed by atoms with Crippen LogP contribution in [0.3, 0.4) is 0 Å². The van der Waals surface area contributed by atoms with Crippen LogP contribution in [0.1, 0.15) is 88.6 Å². The first-order valence-electron chi connectivity index (χ1n) is 14.5. The minimum absolute atomic E-state index is 0.125. The molecule has 0 radical (unpaired) electrons. The van der Waals surface area contributed by atoms with Crippen LogP contribution < -0.4 is 11.1 Å². The van der Waals surface area contributed by atoms with Gasteiger partial charge in [0.2, 0.25) is 0 Å². The zero-order valence-electron chi connectivity index (χ0n) is 27.5. The van der Waals surface area contributed by atoms with Crippen molar-refractivity contribution >= 4 is 105 Å². The summed E-state index contributed by atoms with van der Waals surface area (Å²) in [6.45, 7) is 26.3. The Morgan fingerprint density at radius 2 is 1.18 bits per heavy atom. The lowest BCUT2D eigenvalue weighted by Crippen LogP contribution is -2.23. The van der Waals surface area contributed by atoms with Crippen LogP contribution >= 0.6 is 63.7 Å². The topological polar surface area (TPSA) is 116 Å². The average Bonchev–Trinajstić information content (AvgIpc) is 3.51. The third-order valence-corrected chi connectivity index (χ3v) is 10.2. The maximum Gasteiger partial charge on any atom is 0.171 e. The van der Waals surface area contributed by atoms with Crippen LogP contribution in [0.4, 0.5) is 11.6 Å². The minimum atomic E-state index is -0.276. The van der Waals surface area contributed by atoms with E-state index in [0.29, 0.717) is 41.5 Å². The van der Waals surface area contributed by atoms with E-state index in [2.05, 4.69) is 157 Å². The molecule has 238 valence electrons. The number of nitrogens with zero attached hydrogens (tertiary/aromatic N) is 5. The molecule has 0 saturated heterocycles. The standard InChI is InChI=1S/C32H42Br4N8/c1-29(2,3)15-14(33)13-38-23(15)40-27-20(35)17(31(7,8)9)25(42-27)44-28-21(36)18(32(10,11)12)24(43-28)41-26-19(34)16(22(37)39-26)30(4,5)6/h39H,13,37H2,1-12H3,(H,38,40,41,42,43,44). The molecule has 0 fully saturated rings. The summed E-state index contributed by atoms with van der Waals surface area (Å²) in [7, 11) is 0. The van der Waals surface area contributed by atoms with Gasteiger partial charge < -0.3 is 16.0 Å². The van der Waals surface area contributed by atoms with Gasteiger partial charge in [-0.1, -0.05) is 99.0 Å². The fraction of sp³-hybridized carbons (Fsp3) is 0.531. The number of nitrogen functional groups attached to an aromatic ring is 1. The monoisotopic (exact) mass is 854 g/mol. The van der Waals surface area contributed by atoms with E-state index in [1.54, 1.807) is 0 Å². The molecule has 0 saturated carbocycles. The number of hydrogen-bond donors (Lipinski definition) is 3. The van der Waals surface area contributed by atoms with Gasteiger partial charge >= 0.3 is 0 Å². The Morgan fingerprint density at radius 1 is 0.682 bits per heavy atom. The zero-order valence-corrected chi connectivity index (χ0v) is 33.9.